The fraction of sp³-hybridized carbons (Fsp3) is 0.286. The molecule has 0 radical (unpaired) electrons. The predicted molar refractivity (Wildman–Crippen MR) is 68.7 cm³/mol. The van der Waals surface area contributed by atoms with E-state index >= 15 is 0 Å². The van der Waals surface area contributed by atoms with Gasteiger partial charge in [-0.15, -0.1) is 0 Å². The fourth-order valence-corrected chi connectivity index (χ4v) is 2.26. The van der Waals surface area contributed by atoms with E-state index in [9.17, 15) is 4.79 Å². The Hall–Kier alpha value is -2.10. The minimum absolute atomic E-state index is 0.0963. The molecule has 4 heteroatoms. The van der Waals surface area contributed by atoms with E-state index < -0.39 is 0 Å². The number of carbonyl (C=O) groups is 1. The van der Waals surface area contributed by atoms with Crippen LogP contribution in [0.3, 0.4) is 0 Å². The second-order valence-electron chi connectivity index (χ2n) is 4.49. The van der Waals surface area contributed by atoms with Crippen molar-refractivity contribution in [2.75, 3.05) is 13.1 Å². The summed E-state index contributed by atoms with van der Waals surface area (Å²) in [7, 11) is 0. The lowest BCUT2D eigenvalue weighted by Crippen LogP contribution is -2.27. The van der Waals surface area contributed by atoms with Gasteiger partial charge in [-0.1, -0.05) is 0 Å². The molecule has 92 valence electrons. The molecule has 4 nitrogen and oxygen atoms in total. The van der Waals surface area contributed by atoms with Gasteiger partial charge in [-0.05, 0) is 37.1 Å². The maximum absolute atomic E-state index is 12.1. The monoisotopic (exact) mass is 241 g/mol. The smallest absolute Gasteiger partial charge is 0.255 e. The van der Waals surface area contributed by atoms with Crippen molar-refractivity contribution < 1.29 is 4.79 Å². The first kappa shape index (κ1) is 11.0. The van der Waals surface area contributed by atoms with Crippen LogP contribution in [0.1, 0.15) is 23.2 Å². The molecule has 1 fully saturated rings. The number of carbonyl (C=O) groups excluding carboxylic acids is 1. The second kappa shape index (κ2) is 4.64. The number of hydrogen-bond donors (Lipinski definition) is 0. The highest BCUT2D eigenvalue weighted by Crippen LogP contribution is 2.13. The van der Waals surface area contributed by atoms with Crippen molar-refractivity contribution in [2.45, 2.75) is 12.8 Å². The van der Waals surface area contributed by atoms with Crippen molar-refractivity contribution in [3.8, 4) is 5.82 Å². The summed E-state index contributed by atoms with van der Waals surface area (Å²) in [4.78, 5) is 18.3. The average Bonchev–Trinajstić information content (AvgIpc) is 3.11. The highest BCUT2D eigenvalue weighted by Gasteiger charge is 2.19. The molecule has 1 saturated heterocycles. The largest absolute Gasteiger partial charge is 0.339 e. The van der Waals surface area contributed by atoms with Crippen molar-refractivity contribution in [3.05, 3.63) is 48.4 Å². The van der Waals surface area contributed by atoms with Gasteiger partial charge in [0.05, 0.1) is 5.56 Å². The number of nitrogens with zero attached hydrogens (tertiary/aromatic N) is 3. The maximum Gasteiger partial charge on any atom is 0.255 e. The van der Waals surface area contributed by atoms with Gasteiger partial charge in [-0.25, -0.2) is 4.98 Å². The summed E-state index contributed by atoms with van der Waals surface area (Å²) in [5, 5.41) is 0. The van der Waals surface area contributed by atoms with Crippen molar-refractivity contribution in [3.63, 3.8) is 0 Å². The van der Waals surface area contributed by atoms with E-state index in [-0.39, 0.29) is 5.91 Å². The zero-order chi connectivity index (χ0) is 12.4. The third-order valence-corrected chi connectivity index (χ3v) is 3.26. The normalized spacial score (nSPS) is 15.0. The Morgan fingerprint density at radius 2 is 1.83 bits per heavy atom. The molecule has 3 rings (SSSR count). The van der Waals surface area contributed by atoms with E-state index in [2.05, 4.69) is 4.98 Å². The molecule has 2 aromatic rings. The zero-order valence-corrected chi connectivity index (χ0v) is 10.1. The summed E-state index contributed by atoms with van der Waals surface area (Å²) in [5.41, 5.74) is 0.674. The third-order valence-electron chi connectivity index (χ3n) is 3.26. The Labute approximate surface area is 106 Å². The van der Waals surface area contributed by atoms with E-state index in [1.54, 1.807) is 6.20 Å². The van der Waals surface area contributed by atoms with Gasteiger partial charge in [-0.2, -0.15) is 0 Å². The highest BCUT2D eigenvalue weighted by molar-refractivity contribution is 5.94. The molecule has 0 saturated carbocycles. The van der Waals surface area contributed by atoms with E-state index in [4.69, 9.17) is 0 Å². The lowest BCUT2D eigenvalue weighted by molar-refractivity contribution is 0.0792. The molecule has 0 bridgehead atoms. The molecule has 1 aliphatic rings. The standard InChI is InChI=1S/C14H15N3O/c18-14(17-9-3-4-10-17)12-5-6-13(15-11-12)16-7-1-2-8-16/h1-2,5-8,11H,3-4,9-10H2. The molecule has 0 unspecified atom stereocenters. The third kappa shape index (κ3) is 2.01. The molecule has 0 N–H and O–H groups in total. The number of hydrogen-bond acceptors (Lipinski definition) is 2. The van der Waals surface area contributed by atoms with Gasteiger partial charge < -0.3 is 9.47 Å². The Morgan fingerprint density at radius 1 is 1.11 bits per heavy atom. The van der Waals surface area contributed by atoms with Gasteiger partial charge in [-0.3, -0.25) is 4.79 Å². The summed E-state index contributed by atoms with van der Waals surface area (Å²) in [6, 6.07) is 7.63. The van der Waals surface area contributed by atoms with Crippen LogP contribution in [0.15, 0.2) is 42.9 Å². The van der Waals surface area contributed by atoms with Crippen molar-refractivity contribution in [1.82, 2.24) is 14.5 Å². The molecular formula is C14H15N3O. The Morgan fingerprint density at radius 3 is 2.44 bits per heavy atom. The van der Waals surface area contributed by atoms with Crippen molar-refractivity contribution >= 4 is 5.91 Å². The van der Waals surface area contributed by atoms with Crippen LogP contribution in [-0.4, -0.2) is 33.4 Å². The molecule has 0 atom stereocenters. The number of pyridine rings is 1. The summed E-state index contributed by atoms with van der Waals surface area (Å²) in [6.45, 7) is 1.75. The zero-order valence-electron chi connectivity index (χ0n) is 10.1. The molecule has 0 aliphatic carbocycles. The molecule has 3 heterocycles. The molecule has 0 spiro atoms. The highest BCUT2D eigenvalue weighted by atomic mass is 16.2. The predicted octanol–water partition coefficient (Wildman–Crippen LogP) is 2.11. The van der Waals surface area contributed by atoms with E-state index in [1.165, 1.54) is 0 Å². The Balaban J connectivity index is 1.80. The topological polar surface area (TPSA) is 38.1 Å². The van der Waals surface area contributed by atoms with Gasteiger partial charge in [0.25, 0.3) is 5.91 Å². The number of aromatic nitrogens is 2. The Bertz CT molecular complexity index is 525. The van der Waals surface area contributed by atoms with Crippen LogP contribution >= 0.6 is 0 Å². The van der Waals surface area contributed by atoms with Gasteiger partial charge in [0.1, 0.15) is 5.82 Å². The summed E-state index contributed by atoms with van der Waals surface area (Å²) in [6.07, 6.45) is 7.76. The summed E-state index contributed by atoms with van der Waals surface area (Å²) < 4.78 is 1.92. The molecule has 1 amide bonds. The number of likely N-dealkylation sites (tertiary alicyclic amines) is 1. The second-order valence-corrected chi connectivity index (χ2v) is 4.49. The van der Waals surface area contributed by atoms with Crippen LogP contribution in [0, 0.1) is 0 Å². The van der Waals surface area contributed by atoms with Gasteiger partial charge in [0, 0.05) is 31.7 Å². The lowest BCUT2D eigenvalue weighted by atomic mass is 10.2. The maximum atomic E-state index is 12.1. The van der Waals surface area contributed by atoms with E-state index in [1.807, 2.05) is 46.1 Å². The Kier molecular flexibility index (Phi) is 2.84. The SMILES string of the molecule is O=C(c1ccc(-n2cccc2)nc1)N1CCCC1. The van der Waals surface area contributed by atoms with Crippen LogP contribution < -0.4 is 0 Å². The summed E-state index contributed by atoms with van der Waals surface area (Å²) >= 11 is 0. The molecule has 2 aromatic heterocycles. The average molecular weight is 241 g/mol. The molecule has 18 heavy (non-hydrogen) atoms. The minimum Gasteiger partial charge on any atom is -0.339 e. The first-order valence-electron chi connectivity index (χ1n) is 6.23. The van der Waals surface area contributed by atoms with Crippen LogP contribution in [-0.2, 0) is 0 Å². The summed E-state index contributed by atoms with van der Waals surface area (Å²) in [5.74, 6) is 0.928. The van der Waals surface area contributed by atoms with Crippen LogP contribution in [0.4, 0.5) is 0 Å². The first-order valence-corrected chi connectivity index (χ1v) is 6.23. The van der Waals surface area contributed by atoms with Crippen molar-refractivity contribution in [1.29, 1.82) is 0 Å². The van der Waals surface area contributed by atoms with Crippen LogP contribution in [0.5, 0.6) is 0 Å². The molecule has 1 aliphatic heterocycles. The number of rotatable bonds is 2. The van der Waals surface area contributed by atoms with Gasteiger partial charge >= 0.3 is 0 Å². The quantitative estimate of drug-likeness (QED) is 0.807. The van der Waals surface area contributed by atoms with Crippen LogP contribution in [0.2, 0.25) is 0 Å². The lowest BCUT2D eigenvalue weighted by Gasteiger charge is -2.15. The molecule has 0 aromatic carbocycles. The van der Waals surface area contributed by atoms with Gasteiger partial charge in [0.2, 0.25) is 0 Å². The number of amides is 1. The fourth-order valence-electron chi connectivity index (χ4n) is 2.26. The van der Waals surface area contributed by atoms with Gasteiger partial charge in [0.15, 0.2) is 0 Å². The van der Waals surface area contributed by atoms with Crippen LogP contribution in [0.25, 0.3) is 5.82 Å². The van der Waals surface area contributed by atoms with E-state index in [0.717, 1.165) is 31.7 Å². The van der Waals surface area contributed by atoms with Crippen molar-refractivity contribution in [2.24, 2.45) is 0 Å². The first-order chi connectivity index (χ1) is 8.84. The van der Waals surface area contributed by atoms with E-state index in [0.29, 0.717) is 5.56 Å². The minimum atomic E-state index is 0.0963. The molecular weight excluding hydrogens is 226 g/mol.